The number of rotatable bonds is 3. The summed E-state index contributed by atoms with van der Waals surface area (Å²) in [5.74, 6) is 0. The van der Waals surface area contributed by atoms with Crippen molar-refractivity contribution in [3.8, 4) is 0 Å². The van der Waals surface area contributed by atoms with Crippen LogP contribution >= 0.6 is 11.6 Å². The van der Waals surface area contributed by atoms with E-state index in [4.69, 9.17) is 11.6 Å². The monoisotopic (exact) mass is 185 g/mol. The fourth-order valence-electron chi connectivity index (χ4n) is 0.628. The molecule has 0 saturated heterocycles. The number of halogens is 1. The van der Waals surface area contributed by atoms with Crippen molar-refractivity contribution in [3.05, 3.63) is 22.9 Å². The minimum absolute atomic E-state index is 0.763. The lowest BCUT2D eigenvalue weighted by Crippen LogP contribution is -1.83. The number of allylic oxidation sites excluding steroid dienone is 3. The molecule has 0 aromatic heterocycles. The Bertz CT molecular complexity index is 220. The molecule has 2 heteroatoms. The second kappa shape index (κ2) is 6.01. The average molecular weight is 186 g/mol. The second-order valence-corrected chi connectivity index (χ2v) is 3.43. The van der Waals surface area contributed by atoms with Crippen LogP contribution in [-0.2, 0) is 0 Å². The molecular weight excluding hydrogens is 170 g/mol. The third kappa shape index (κ3) is 6.17. The normalized spacial score (nSPS) is 15.2. The van der Waals surface area contributed by atoms with Gasteiger partial charge in [-0.3, -0.25) is 4.99 Å². The first kappa shape index (κ1) is 11.4. The molecule has 0 unspecified atom stereocenters. The molecule has 0 aliphatic heterocycles. The first-order valence-corrected chi connectivity index (χ1v) is 4.48. The van der Waals surface area contributed by atoms with E-state index in [1.165, 1.54) is 5.57 Å². The van der Waals surface area contributed by atoms with E-state index >= 15 is 0 Å². The van der Waals surface area contributed by atoms with E-state index < -0.39 is 0 Å². The molecular formula is C10H16ClN. The molecule has 0 radical (unpaired) electrons. The summed E-state index contributed by atoms with van der Waals surface area (Å²) in [6.45, 7) is 7.95. The average Bonchev–Trinajstić information content (AvgIpc) is 1.99. The van der Waals surface area contributed by atoms with Crippen LogP contribution in [-0.4, -0.2) is 5.71 Å². The molecule has 0 rings (SSSR count). The first-order valence-electron chi connectivity index (χ1n) is 4.10. The molecule has 0 aromatic carbocycles. The molecule has 0 spiro atoms. The van der Waals surface area contributed by atoms with Crippen LogP contribution < -0.4 is 0 Å². The fraction of sp³-hybridized carbons (Fsp3) is 0.500. The van der Waals surface area contributed by atoms with Crippen molar-refractivity contribution >= 4 is 17.3 Å². The highest BCUT2D eigenvalue weighted by molar-refractivity contribution is 6.30. The Morgan fingerprint density at radius 2 is 1.92 bits per heavy atom. The molecule has 0 aromatic rings. The Labute approximate surface area is 79.8 Å². The van der Waals surface area contributed by atoms with Crippen LogP contribution in [0.3, 0.4) is 0 Å². The summed E-state index contributed by atoms with van der Waals surface area (Å²) >= 11 is 5.68. The van der Waals surface area contributed by atoms with E-state index in [-0.39, 0.29) is 0 Å². The predicted octanol–water partition coefficient (Wildman–Crippen LogP) is 3.90. The van der Waals surface area contributed by atoms with E-state index in [0.29, 0.717) is 0 Å². The van der Waals surface area contributed by atoms with Gasteiger partial charge in [0.05, 0.1) is 0 Å². The highest BCUT2D eigenvalue weighted by atomic mass is 35.5. The Morgan fingerprint density at radius 1 is 1.33 bits per heavy atom. The van der Waals surface area contributed by atoms with Gasteiger partial charge in [-0.05, 0) is 33.3 Å². The lowest BCUT2D eigenvalue weighted by molar-refractivity contribution is 1.09. The maximum absolute atomic E-state index is 5.68. The van der Waals surface area contributed by atoms with Crippen molar-refractivity contribution < 1.29 is 0 Å². The lowest BCUT2D eigenvalue weighted by atomic mass is 10.2. The van der Waals surface area contributed by atoms with Gasteiger partial charge in [-0.15, -0.1) is 0 Å². The van der Waals surface area contributed by atoms with Crippen LogP contribution in [0.1, 0.15) is 34.1 Å². The Morgan fingerprint density at radius 3 is 2.33 bits per heavy atom. The maximum atomic E-state index is 5.68. The molecule has 1 nitrogen and oxygen atoms in total. The zero-order valence-electron chi connectivity index (χ0n) is 8.19. The number of hydrogen-bond donors (Lipinski definition) is 0. The Kier molecular flexibility index (Phi) is 5.73. The number of hydrogen-bond acceptors (Lipinski definition) is 1. The van der Waals surface area contributed by atoms with E-state index in [2.05, 4.69) is 18.8 Å². The molecule has 0 bridgehead atoms. The summed E-state index contributed by atoms with van der Waals surface area (Å²) in [5.41, 5.74) is 2.21. The van der Waals surface area contributed by atoms with Crippen molar-refractivity contribution in [1.82, 2.24) is 0 Å². The summed E-state index contributed by atoms with van der Waals surface area (Å²) in [4.78, 5) is 4.23. The van der Waals surface area contributed by atoms with Crippen molar-refractivity contribution in [2.45, 2.75) is 34.1 Å². The first-order chi connectivity index (χ1) is 5.56. The van der Waals surface area contributed by atoms with Crippen LogP contribution in [0.15, 0.2) is 27.9 Å². The second-order valence-electron chi connectivity index (χ2n) is 2.83. The van der Waals surface area contributed by atoms with Gasteiger partial charge < -0.3 is 0 Å². The quantitative estimate of drug-likeness (QED) is 0.592. The third-order valence-electron chi connectivity index (χ3n) is 1.45. The molecule has 0 amide bonds. The zero-order valence-corrected chi connectivity index (χ0v) is 8.94. The van der Waals surface area contributed by atoms with Gasteiger partial charge in [-0.1, -0.05) is 24.1 Å². The van der Waals surface area contributed by atoms with Gasteiger partial charge in [0.2, 0.25) is 0 Å². The summed E-state index contributed by atoms with van der Waals surface area (Å²) < 4.78 is 0. The van der Waals surface area contributed by atoms with Gasteiger partial charge in [-0.25, -0.2) is 0 Å². The van der Waals surface area contributed by atoms with Gasteiger partial charge in [0.25, 0.3) is 0 Å². The molecule has 0 heterocycles. The maximum Gasteiger partial charge on any atom is 0.0384 e. The lowest BCUT2D eigenvalue weighted by Gasteiger charge is -1.92. The minimum Gasteiger partial charge on any atom is -0.262 e. The van der Waals surface area contributed by atoms with E-state index in [9.17, 15) is 0 Å². The highest BCUT2D eigenvalue weighted by Crippen LogP contribution is 2.01. The van der Waals surface area contributed by atoms with Gasteiger partial charge in [0.15, 0.2) is 0 Å². The van der Waals surface area contributed by atoms with Gasteiger partial charge in [0, 0.05) is 16.9 Å². The molecule has 0 saturated carbocycles. The SMILES string of the molecule is CC/C(C)=C/N=C(C)\C=C(/C)Cl. The summed E-state index contributed by atoms with van der Waals surface area (Å²) in [7, 11) is 0. The van der Waals surface area contributed by atoms with E-state index in [1.807, 2.05) is 26.1 Å². The smallest absolute Gasteiger partial charge is 0.0384 e. The summed E-state index contributed by atoms with van der Waals surface area (Å²) in [6, 6.07) is 0. The molecule has 0 fully saturated rings. The Balaban J connectivity index is 4.28. The topological polar surface area (TPSA) is 12.4 Å². The predicted molar refractivity (Wildman–Crippen MR) is 56.8 cm³/mol. The van der Waals surface area contributed by atoms with Gasteiger partial charge in [0.1, 0.15) is 0 Å². The van der Waals surface area contributed by atoms with Gasteiger partial charge >= 0.3 is 0 Å². The van der Waals surface area contributed by atoms with Crippen LogP contribution in [0.2, 0.25) is 0 Å². The van der Waals surface area contributed by atoms with Crippen molar-refractivity contribution in [2.24, 2.45) is 4.99 Å². The highest BCUT2D eigenvalue weighted by Gasteiger charge is 1.85. The van der Waals surface area contributed by atoms with Crippen LogP contribution in [0.4, 0.5) is 0 Å². The molecule has 0 aliphatic rings. The Hall–Kier alpha value is -0.560. The standard InChI is InChI=1S/C10H16ClN/c1-5-8(2)7-12-10(4)6-9(3)11/h6-7H,5H2,1-4H3/b8-7+,9-6+,12-10-. The minimum atomic E-state index is 0.763. The van der Waals surface area contributed by atoms with Crippen LogP contribution in [0.5, 0.6) is 0 Å². The largest absolute Gasteiger partial charge is 0.262 e. The number of aliphatic imine (C=N–C) groups is 1. The van der Waals surface area contributed by atoms with Crippen molar-refractivity contribution in [3.63, 3.8) is 0 Å². The number of nitrogens with zero attached hydrogens (tertiary/aromatic N) is 1. The van der Waals surface area contributed by atoms with Crippen molar-refractivity contribution in [1.29, 1.82) is 0 Å². The zero-order chi connectivity index (χ0) is 9.56. The summed E-state index contributed by atoms with van der Waals surface area (Å²) in [6.07, 6.45) is 4.77. The fourth-order valence-corrected chi connectivity index (χ4v) is 0.786. The molecule has 12 heavy (non-hydrogen) atoms. The molecule has 0 aliphatic carbocycles. The van der Waals surface area contributed by atoms with E-state index in [1.54, 1.807) is 0 Å². The van der Waals surface area contributed by atoms with Crippen LogP contribution in [0.25, 0.3) is 0 Å². The van der Waals surface area contributed by atoms with Crippen LogP contribution in [0, 0.1) is 0 Å². The third-order valence-corrected chi connectivity index (χ3v) is 1.56. The molecule has 0 atom stereocenters. The van der Waals surface area contributed by atoms with Crippen molar-refractivity contribution in [2.75, 3.05) is 0 Å². The van der Waals surface area contributed by atoms with Gasteiger partial charge in [-0.2, -0.15) is 0 Å². The molecule has 68 valence electrons. The van der Waals surface area contributed by atoms with E-state index in [0.717, 1.165) is 17.2 Å². The summed E-state index contributed by atoms with van der Waals surface area (Å²) in [5, 5.41) is 0.763. The molecule has 0 N–H and O–H groups in total.